The zero-order valence-corrected chi connectivity index (χ0v) is 19.2. The Morgan fingerprint density at radius 3 is 2.40 bits per heavy atom. The van der Waals surface area contributed by atoms with Crippen molar-refractivity contribution < 1.29 is 31.9 Å². The number of alkyl halides is 2. The van der Waals surface area contributed by atoms with Gasteiger partial charge in [-0.1, -0.05) is 0 Å². The summed E-state index contributed by atoms with van der Waals surface area (Å²) in [7, 11) is -3.65. The molecule has 2 aromatic heterocycles. The minimum absolute atomic E-state index is 0.0847. The zero-order valence-electron chi connectivity index (χ0n) is 18.4. The van der Waals surface area contributed by atoms with Gasteiger partial charge in [0.05, 0.1) is 23.2 Å². The van der Waals surface area contributed by atoms with Crippen LogP contribution in [0.2, 0.25) is 0 Å². The van der Waals surface area contributed by atoms with Crippen molar-refractivity contribution in [3.05, 3.63) is 53.9 Å². The number of carbonyl (C=O) groups excluding carboxylic acids is 1. The number of pyridine rings is 1. The highest BCUT2D eigenvalue weighted by molar-refractivity contribution is 7.89. The third-order valence-electron chi connectivity index (χ3n) is 5.33. The van der Waals surface area contributed by atoms with Gasteiger partial charge in [0.1, 0.15) is 0 Å². The number of hydrogen-bond acceptors (Lipinski definition) is 7. The first-order chi connectivity index (χ1) is 16.6. The molecule has 1 fully saturated rings. The summed E-state index contributed by atoms with van der Waals surface area (Å²) in [6, 6.07) is 6.84. The molecule has 1 aliphatic heterocycles. The van der Waals surface area contributed by atoms with Gasteiger partial charge < -0.3 is 16.2 Å². The highest BCUT2D eigenvalue weighted by Crippen LogP contribution is 2.21. The first-order valence-corrected chi connectivity index (χ1v) is 12.0. The Morgan fingerprint density at radius 2 is 1.83 bits per heavy atom. The molecule has 0 saturated carbocycles. The molecule has 1 aliphatic rings. The van der Waals surface area contributed by atoms with Gasteiger partial charge in [-0.2, -0.15) is 9.40 Å². The molecule has 14 heteroatoms. The van der Waals surface area contributed by atoms with Crippen LogP contribution >= 0.6 is 0 Å². The van der Waals surface area contributed by atoms with Gasteiger partial charge in [0.25, 0.3) is 6.43 Å². The van der Waals surface area contributed by atoms with E-state index in [0.29, 0.717) is 23.9 Å². The van der Waals surface area contributed by atoms with E-state index in [1.165, 1.54) is 47.0 Å². The number of benzene rings is 1. The molecule has 1 saturated heterocycles. The fourth-order valence-corrected chi connectivity index (χ4v) is 4.92. The fraction of sp³-hybridized carbons (Fsp3) is 0.333. The number of fused-ring (bicyclic) bond motifs is 1. The number of rotatable bonds is 7. The first-order valence-electron chi connectivity index (χ1n) is 10.5. The topological polar surface area (TPSA) is 171 Å². The van der Waals surface area contributed by atoms with Gasteiger partial charge in [0, 0.05) is 36.3 Å². The number of nitrogens with zero attached hydrogens (tertiary/aromatic N) is 3. The SMILES string of the molecule is NC(=O)c1ccc(S(=O)(=O)N2CCC(NCC(F)F)CC2)cc1.O=C(O)c1cnc2[nH]ncc2c1. The molecule has 1 amide bonds. The third-order valence-corrected chi connectivity index (χ3v) is 7.24. The van der Waals surface area contributed by atoms with E-state index in [1.807, 2.05) is 0 Å². The number of primary amides is 1. The molecule has 4 rings (SSSR count). The largest absolute Gasteiger partial charge is 0.478 e. The number of nitrogens with two attached hydrogens (primary N) is 1. The molecule has 11 nitrogen and oxygen atoms in total. The van der Waals surface area contributed by atoms with Gasteiger partial charge >= 0.3 is 5.97 Å². The Labute approximate surface area is 199 Å². The molecule has 1 aromatic carbocycles. The summed E-state index contributed by atoms with van der Waals surface area (Å²) in [6.45, 7) is 0.146. The maximum absolute atomic E-state index is 12.5. The lowest BCUT2D eigenvalue weighted by molar-refractivity contribution is 0.0696. The van der Waals surface area contributed by atoms with Crippen molar-refractivity contribution in [3.8, 4) is 0 Å². The molecule has 5 N–H and O–H groups in total. The van der Waals surface area contributed by atoms with Crippen LogP contribution < -0.4 is 11.1 Å². The third kappa shape index (κ3) is 6.77. The summed E-state index contributed by atoms with van der Waals surface area (Å²) in [5.41, 5.74) is 6.12. The fourth-order valence-electron chi connectivity index (χ4n) is 3.45. The molecule has 0 bridgehead atoms. The monoisotopic (exact) mass is 510 g/mol. The number of halogens is 2. The number of aromatic carboxylic acids is 1. The number of aromatic amines is 1. The Hall–Kier alpha value is -3.49. The maximum atomic E-state index is 12.5. The number of piperidine rings is 1. The Kier molecular flexibility index (Phi) is 8.43. The van der Waals surface area contributed by atoms with Gasteiger partial charge in [0.15, 0.2) is 5.65 Å². The Morgan fingerprint density at radius 1 is 1.17 bits per heavy atom. The van der Waals surface area contributed by atoms with E-state index < -0.39 is 28.3 Å². The van der Waals surface area contributed by atoms with Crippen LogP contribution in [0.5, 0.6) is 0 Å². The van der Waals surface area contributed by atoms with Crippen molar-refractivity contribution in [2.45, 2.75) is 30.2 Å². The molecule has 0 radical (unpaired) electrons. The summed E-state index contributed by atoms with van der Waals surface area (Å²) in [4.78, 5) is 25.5. The van der Waals surface area contributed by atoms with Gasteiger partial charge in [-0.25, -0.2) is 27.0 Å². The second kappa shape index (κ2) is 11.3. The van der Waals surface area contributed by atoms with Crippen molar-refractivity contribution >= 4 is 32.9 Å². The molecule has 3 heterocycles. The number of carboxylic acid groups (broad SMARTS) is 1. The Bertz CT molecular complexity index is 1270. The van der Waals surface area contributed by atoms with Crippen molar-refractivity contribution in [2.75, 3.05) is 19.6 Å². The lowest BCUT2D eigenvalue weighted by atomic mass is 10.1. The van der Waals surface area contributed by atoms with Crippen molar-refractivity contribution in [1.29, 1.82) is 0 Å². The number of hydrogen-bond donors (Lipinski definition) is 4. The van der Waals surface area contributed by atoms with Crippen molar-refractivity contribution in [3.63, 3.8) is 0 Å². The average molecular weight is 511 g/mol. The van der Waals surface area contributed by atoms with Gasteiger partial charge in [0.2, 0.25) is 15.9 Å². The number of amides is 1. The van der Waals surface area contributed by atoms with Crippen LogP contribution in [-0.2, 0) is 10.0 Å². The standard InChI is InChI=1S/C14H19F2N3O3S.C7H5N3O2/c15-13(16)9-18-11-5-7-19(8-6-11)23(21,22)12-3-1-10(2-4-12)14(17)20;11-7(12)5-1-4-3-9-10-6(4)8-2-5/h1-4,11,13,18H,5-9H2,(H2,17,20);1-3H,(H,11,12)(H,8,9,10). The number of aromatic nitrogens is 3. The predicted octanol–water partition coefficient (Wildman–Crippen LogP) is 1.45. The zero-order chi connectivity index (χ0) is 25.6. The normalized spacial score (nSPS) is 15.1. The summed E-state index contributed by atoms with van der Waals surface area (Å²) in [5.74, 6) is -1.61. The molecular formula is C21H24F2N6O5S. The summed E-state index contributed by atoms with van der Waals surface area (Å²) < 4.78 is 50.7. The second-order valence-corrected chi connectivity index (χ2v) is 9.64. The lowest BCUT2D eigenvalue weighted by Crippen LogP contribution is -2.45. The van der Waals surface area contributed by atoms with E-state index in [9.17, 15) is 26.8 Å². The smallest absolute Gasteiger partial charge is 0.337 e. The van der Waals surface area contributed by atoms with E-state index >= 15 is 0 Å². The lowest BCUT2D eigenvalue weighted by Gasteiger charge is -2.31. The van der Waals surface area contributed by atoms with Gasteiger partial charge in [-0.15, -0.1) is 0 Å². The van der Waals surface area contributed by atoms with Crippen LogP contribution in [0.15, 0.2) is 47.6 Å². The molecular weight excluding hydrogens is 486 g/mol. The molecule has 0 spiro atoms. The Balaban J connectivity index is 0.000000237. The van der Waals surface area contributed by atoms with Gasteiger partial charge in [-0.05, 0) is 43.2 Å². The molecule has 3 aromatic rings. The quantitative estimate of drug-likeness (QED) is 0.370. The maximum Gasteiger partial charge on any atom is 0.337 e. The highest BCUT2D eigenvalue weighted by Gasteiger charge is 2.29. The molecule has 0 atom stereocenters. The van der Waals surface area contributed by atoms with Gasteiger partial charge in [-0.3, -0.25) is 9.89 Å². The minimum Gasteiger partial charge on any atom is -0.478 e. The van der Waals surface area contributed by atoms with Crippen molar-refractivity contribution in [2.24, 2.45) is 5.73 Å². The summed E-state index contributed by atoms with van der Waals surface area (Å²) >= 11 is 0. The predicted molar refractivity (Wildman–Crippen MR) is 122 cm³/mol. The minimum atomic E-state index is -3.65. The van der Waals surface area contributed by atoms with E-state index in [0.717, 1.165) is 0 Å². The van der Waals surface area contributed by atoms with Crippen LogP contribution in [-0.4, -0.2) is 77.0 Å². The molecule has 35 heavy (non-hydrogen) atoms. The number of H-pyrrole nitrogens is 1. The van der Waals surface area contributed by atoms with E-state index in [1.54, 1.807) is 0 Å². The first kappa shape index (κ1) is 26.1. The van der Waals surface area contributed by atoms with Crippen LogP contribution in [0.4, 0.5) is 8.78 Å². The number of carbonyl (C=O) groups is 2. The molecule has 0 unspecified atom stereocenters. The molecule has 0 aliphatic carbocycles. The van der Waals surface area contributed by atoms with E-state index in [4.69, 9.17) is 10.8 Å². The number of nitrogens with one attached hydrogen (secondary N) is 2. The molecule has 188 valence electrons. The summed E-state index contributed by atoms with van der Waals surface area (Å²) in [6.07, 6.45) is 1.37. The average Bonchev–Trinajstić information content (AvgIpc) is 3.31. The number of carboxylic acids is 1. The summed E-state index contributed by atoms with van der Waals surface area (Å²) in [5, 5.41) is 18.4. The highest BCUT2D eigenvalue weighted by atomic mass is 32.2. The number of sulfonamides is 1. The van der Waals surface area contributed by atoms with Crippen LogP contribution in [0.1, 0.15) is 33.6 Å². The van der Waals surface area contributed by atoms with E-state index in [-0.39, 0.29) is 41.7 Å². The van der Waals surface area contributed by atoms with Crippen LogP contribution in [0.3, 0.4) is 0 Å². The second-order valence-electron chi connectivity index (χ2n) is 7.70. The van der Waals surface area contributed by atoms with Crippen LogP contribution in [0, 0.1) is 0 Å². The van der Waals surface area contributed by atoms with Crippen LogP contribution in [0.25, 0.3) is 11.0 Å². The van der Waals surface area contributed by atoms with Crippen molar-refractivity contribution in [1.82, 2.24) is 24.8 Å². The van der Waals surface area contributed by atoms with E-state index in [2.05, 4.69) is 20.5 Å².